The van der Waals surface area contributed by atoms with Crippen LogP contribution in [0.5, 0.6) is 5.75 Å². The minimum atomic E-state index is 0.501. The SMILES string of the molecule is CCc1c(NC)ncnc1Nc1c(C#N)cccc1OC. The second-order valence-electron chi connectivity index (χ2n) is 4.27. The summed E-state index contributed by atoms with van der Waals surface area (Å²) in [5.41, 5.74) is 2.06. The lowest BCUT2D eigenvalue weighted by Crippen LogP contribution is -2.06. The summed E-state index contributed by atoms with van der Waals surface area (Å²) >= 11 is 0. The third-order valence-corrected chi connectivity index (χ3v) is 3.15. The highest BCUT2D eigenvalue weighted by molar-refractivity contribution is 5.74. The topological polar surface area (TPSA) is 82.9 Å². The molecule has 0 saturated heterocycles. The van der Waals surface area contributed by atoms with Crippen LogP contribution in [-0.4, -0.2) is 24.1 Å². The van der Waals surface area contributed by atoms with Crippen molar-refractivity contribution in [2.45, 2.75) is 13.3 Å². The van der Waals surface area contributed by atoms with Gasteiger partial charge in [-0.1, -0.05) is 13.0 Å². The van der Waals surface area contributed by atoms with Gasteiger partial charge in [-0.05, 0) is 18.6 Å². The Kier molecular flexibility index (Phi) is 4.57. The average molecular weight is 283 g/mol. The van der Waals surface area contributed by atoms with Crippen LogP contribution in [0.1, 0.15) is 18.1 Å². The molecule has 0 bridgehead atoms. The first-order valence-electron chi connectivity index (χ1n) is 6.60. The van der Waals surface area contributed by atoms with Gasteiger partial charge in [-0.15, -0.1) is 0 Å². The van der Waals surface area contributed by atoms with Gasteiger partial charge in [-0.3, -0.25) is 0 Å². The Hall–Kier alpha value is -2.81. The van der Waals surface area contributed by atoms with Crippen LogP contribution in [0.15, 0.2) is 24.5 Å². The van der Waals surface area contributed by atoms with Crippen LogP contribution in [-0.2, 0) is 6.42 Å². The predicted molar refractivity (Wildman–Crippen MR) is 81.9 cm³/mol. The van der Waals surface area contributed by atoms with Crippen molar-refractivity contribution in [2.24, 2.45) is 0 Å². The molecule has 0 atom stereocenters. The molecule has 1 heterocycles. The predicted octanol–water partition coefficient (Wildman–Crippen LogP) is 2.70. The number of hydrogen-bond donors (Lipinski definition) is 2. The average Bonchev–Trinajstić information content (AvgIpc) is 2.54. The van der Waals surface area contributed by atoms with Crippen molar-refractivity contribution in [3.05, 3.63) is 35.7 Å². The van der Waals surface area contributed by atoms with Gasteiger partial charge in [-0.2, -0.15) is 5.26 Å². The molecule has 0 amide bonds. The number of hydrogen-bond acceptors (Lipinski definition) is 6. The van der Waals surface area contributed by atoms with Crippen molar-refractivity contribution in [3.63, 3.8) is 0 Å². The third-order valence-electron chi connectivity index (χ3n) is 3.15. The summed E-state index contributed by atoms with van der Waals surface area (Å²) in [6.45, 7) is 2.03. The lowest BCUT2D eigenvalue weighted by Gasteiger charge is -2.15. The Balaban J connectivity index is 2.51. The summed E-state index contributed by atoms with van der Waals surface area (Å²) in [4.78, 5) is 8.47. The van der Waals surface area contributed by atoms with Crippen molar-refractivity contribution >= 4 is 17.3 Å². The van der Waals surface area contributed by atoms with Crippen LogP contribution in [0.25, 0.3) is 0 Å². The minimum Gasteiger partial charge on any atom is -0.495 e. The van der Waals surface area contributed by atoms with Crippen molar-refractivity contribution in [1.82, 2.24) is 9.97 Å². The molecule has 108 valence electrons. The quantitative estimate of drug-likeness (QED) is 0.878. The van der Waals surface area contributed by atoms with Crippen molar-refractivity contribution < 1.29 is 4.74 Å². The van der Waals surface area contributed by atoms with E-state index in [-0.39, 0.29) is 0 Å². The zero-order valence-electron chi connectivity index (χ0n) is 12.3. The van der Waals surface area contributed by atoms with E-state index in [9.17, 15) is 5.26 Å². The van der Waals surface area contributed by atoms with Gasteiger partial charge in [0.1, 0.15) is 35.5 Å². The largest absolute Gasteiger partial charge is 0.495 e. The molecule has 6 nitrogen and oxygen atoms in total. The second-order valence-corrected chi connectivity index (χ2v) is 4.27. The van der Waals surface area contributed by atoms with E-state index in [0.717, 1.165) is 17.8 Å². The number of nitriles is 1. The Morgan fingerprint density at radius 3 is 2.67 bits per heavy atom. The molecule has 0 unspecified atom stereocenters. The molecular formula is C15H17N5O. The van der Waals surface area contributed by atoms with Crippen molar-refractivity contribution in [2.75, 3.05) is 24.8 Å². The molecule has 0 saturated carbocycles. The maximum absolute atomic E-state index is 9.25. The number of ether oxygens (including phenoxy) is 1. The van der Waals surface area contributed by atoms with Crippen molar-refractivity contribution in [3.8, 4) is 11.8 Å². The Morgan fingerprint density at radius 2 is 2.05 bits per heavy atom. The monoisotopic (exact) mass is 283 g/mol. The van der Waals surface area contributed by atoms with E-state index in [0.29, 0.717) is 22.8 Å². The first kappa shape index (κ1) is 14.6. The first-order valence-corrected chi connectivity index (χ1v) is 6.60. The number of nitrogens with zero attached hydrogens (tertiary/aromatic N) is 3. The van der Waals surface area contributed by atoms with Gasteiger partial charge in [0, 0.05) is 12.6 Å². The normalized spacial score (nSPS) is 9.81. The smallest absolute Gasteiger partial charge is 0.143 e. The van der Waals surface area contributed by atoms with E-state index in [2.05, 4.69) is 26.7 Å². The number of rotatable bonds is 5. The highest BCUT2D eigenvalue weighted by Crippen LogP contribution is 2.32. The van der Waals surface area contributed by atoms with E-state index < -0.39 is 0 Å². The number of methoxy groups -OCH3 is 1. The zero-order chi connectivity index (χ0) is 15.2. The standard InChI is InChI=1S/C15H17N5O/c1-4-11-14(17-2)18-9-19-15(11)20-13-10(8-16)6-5-7-12(13)21-3/h5-7,9H,4H2,1-3H3,(H2,17,18,19,20). The van der Waals surface area contributed by atoms with Gasteiger partial charge in [-0.25, -0.2) is 9.97 Å². The van der Waals surface area contributed by atoms with Crippen LogP contribution in [0.4, 0.5) is 17.3 Å². The molecule has 21 heavy (non-hydrogen) atoms. The fourth-order valence-corrected chi connectivity index (χ4v) is 2.11. The Bertz CT molecular complexity index is 678. The fraction of sp³-hybridized carbons (Fsp3) is 0.267. The summed E-state index contributed by atoms with van der Waals surface area (Å²) in [5.74, 6) is 2.03. The minimum absolute atomic E-state index is 0.501. The summed E-state index contributed by atoms with van der Waals surface area (Å²) in [7, 11) is 3.39. The molecule has 1 aromatic carbocycles. The third kappa shape index (κ3) is 2.87. The molecule has 0 spiro atoms. The van der Waals surface area contributed by atoms with Gasteiger partial charge in [0.15, 0.2) is 0 Å². The van der Waals surface area contributed by atoms with Gasteiger partial charge >= 0.3 is 0 Å². The van der Waals surface area contributed by atoms with Crippen LogP contribution >= 0.6 is 0 Å². The van der Waals surface area contributed by atoms with Gasteiger partial charge in [0.25, 0.3) is 0 Å². The van der Waals surface area contributed by atoms with E-state index in [1.54, 1.807) is 25.3 Å². The van der Waals surface area contributed by atoms with Crippen LogP contribution in [0.2, 0.25) is 0 Å². The molecule has 0 radical (unpaired) electrons. The molecule has 2 rings (SSSR count). The van der Waals surface area contributed by atoms with Gasteiger partial charge in [0.05, 0.1) is 12.7 Å². The molecule has 6 heteroatoms. The van der Waals surface area contributed by atoms with Crippen LogP contribution < -0.4 is 15.4 Å². The molecule has 0 aliphatic carbocycles. The Morgan fingerprint density at radius 1 is 1.29 bits per heavy atom. The maximum Gasteiger partial charge on any atom is 0.143 e. The number of aromatic nitrogens is 2. The second kappa shape index (κ2) is 6.57. The number of benzene rings is 1. The van der Waals surface area contributed by atoms with E-state index >= 15 is 0 Å². The summed E-state index contributed by atoms with van der Waals surface area (Å²) in [6, 6.07) is 7.47. The van der Waals surface area contributed by atoms with Gasteiger partial charge in [0.2, 0.25) is 0 Å². The number of para-hydroxylation sites is 1. The van der Waals surface area contributed by atoms with E-state index in [4.69, 9.17) is 4.74 Å². The molecule has 1 aromatic heterocycles. The number of nitrogens with one attached hydrogen (secondary N) is 2. The highest BCUT2D eigenvalue weighted by Gasteiger charge is 2.14. The summed E-state index contributed by atoms with van der Waals surface area (Å²) < 4.78 is 5.32. The summed E-state index contributed by atoms with van der Waals surface area (Å²) in [5, 5.41) is 15.5. The van der Waals surface area contributed by atoms with Crippen LogP contribution in [0, 0.1) is 11.3 Å². The molecule has 0 aliphatic heterocycles. The van der Waals surface area contributed by atoms with E-state index in [1.165, 1.54) is 6.33 Å². The Labute approximate surface area is 123 Å². The molecular weight excluding hydrogens is 266 g/mol. The molecule has 0 fully saturated rings. The lowest BCUT2D eigenvalue weighted by atomic mass is 10.1. The first-order chi connectivity index (χ1) is 10.2. The molecule has 0 aliphatic rings. The molecule has 2 aromatic rings. The zero-order valence-corrected chi connectivity index (χ0v) is 12.3. The van der Waals surface area contributed by atoms with E-state index in [1.807, 2.05) is 14.0 Å². The number of anilines is 3. The lowest BCUT2D eigenvalue weighted by molar-refractivity contribution is 0.416. The summed E-state index contributed by atoms with van der Waals surface area (Å²) in [6.07, 6.45) is 2.24. The van der Waals surface area contributed by atoms with Crippen LogP contribution in [0.3, 0.4) is 0 Å². The fourth-order valence-electron chi connectivity index (χ4n) is 2.11. The van der Waals surface area contributed by atoms with Crippen molar-refractivity contribution in [1.29, 1.82) is 5.26 Å². The maximum atomic E-state index is 9.25. The highest BCUT2D eigenvalue weighted by atomic mass is 16.5. The molecule has 2 N–H and O–H groups in total. The van der Waals surface area contributed by atoms with Gasteiger partial charge < -0.3 is 15.4 Å².